The van der Waals surface area contributed by atoms with Crippen molar-refractivity contribution < 1.29 is 4.79 Å². The van der Waals surface area contributed by atoms with Gasteiger partial charge in [0, 0.05) is 6.42 Å². The predicted molar refractivity (Wildman–Crippen MR) is 48.7 cm³/mol. The minimum atomic E-state index is -0.116. The van der Waals surface area contributed by atoms with Gasteiger partial charge in [-0.25, -0.2) is 0 Å². The lowest BCUT2D eigenvalue weighted by Crippen LogP contribution is -2.29. The molecule has 0 saturated heterocycles. The van der Waals surface area contributed by atoms with Gasteiger partial charge < -0.3 is 0 Å². The number of rotatable bonds is 0. The fourth-order valence-electron chi connectivity index (χ4n) is 2.32. The Balaban J connectivity index is 2.34. The highest BCUT2D eigenvalue weighted by molar-refractivity contribution is 5.89. The van der Waals surface area contributed by atoms with Crippen LogP contribution in [-0.2, 0) is 4.79 Å². The molecule has 1 fully saturated rings. The maximum atomic E-state index is 11.7. The number of Topliss-reactive ketones (excluding diaryl/α,β-unsaturated/α-hetero) is 1. The summed E-state index contributed by atoms with van der Waals surface area (Å²) in [6, 6.07) is 0. The molecule has 0 aromatic rings. The molecule has 1 heteroatoms. The SMILES string of the molecule is CC1CCC(=O)C12C=CC=CC2. The van der Waals surface area contributed by atoms with Gasteiger partial charge in [0.25, 0.3) is 0 Å². The molecule has 1 saturated carbocycles. The van der Waals surface area contributed by atoms with E-state index >= 15 is 0 Å². The van der Waals surface area contributed by atoms with E-state index in [0.29, 0.717) is 11.7 Å². The van der Waals surface area contributed by atoms with Crippen LogP contribution >= 0.6 is 0 Å². The lowest BCUT2D eigenvalue weighted by atomic mass is 9.73. The van der Waals surface area contributed by atoms with E-state index < -0.39 is 0 Å². The van der Waals surface area contributed by atoms with E-state index in [2.05, 4.69) is 19.1 Å². The van der Waals surface area contributed by atoms with Gasteiger partial charge >= 0.3 is 0 Å². The van der Waals surface area contributed by atoms with Crippen molar-refractivity contribution in [2.45, 2.75) is 26.2 Å². The van der Waals surface area contributed by atoms with Crippen molar-refractivity contribution in [1.82, 2.24) is 0 Å². The average molecular weight is 162 g/mol. The van der Waals surface area contributed by atoms with Crippen molar-refractivity contribution in [3.63, 3.8) is 0 Å². The van der Waals surface area contributed by atoms with Crippen LogP contribution in [0.5, 0.6) is 0 Å². The third-order valence-electron chi connectivity index (χ3n) is 3.30. The van der Waals surface area contributed by atoms with E-state index in [1.807, 2.05) is 12.2 Å². The Morgan fingerprint density at radius 2 is 2.33 bits per heavy atom. The van der Waals surface area contributed by atoms with Gasteiger partial charge in [0.15, 0.2) is 0 Å². The van der Waals surface area contributed by atoms with Crippen LogP contribution in [0.15, 0.2) is 24.3 Å². The summed E-state index contributed by atoms with van der Waals surface area (Å²) >= 11 is 0. The minimum Gasteiger partial charge on any atom is -0.299 e. The molecule has 64 valence electrons. The Kier molecular flexibility index (Phi) is 1.67. The zero-order chi connectivity index (χ0) is 8.60. The lowest BCUT2D eigenvalue weighted by molar-refractivity contribution is -0.124. The highest BCUT2D eigenvalue weighted by Crippen LogP contribution is 2.45. The van der Waals surface area contributed by atoms with Crippen LogP contribution in [0.1, 0.15) is 26.2 Å². The van der Waals surface area contributed by atoms with Crippen molar-refractivity contribution in [2.75, 3.05) is 0 Å². The third-order valence-corrected chi connectivity index (χ3v) is 3.30. The Morgan fingerprint density at radius 1 is 1.50 bits per heavy atom. The number of allylic oxidation sites excluding steroid dienone is 4. The second-order valence-corrected chi connectivity index (χ2v) is 3.89. The van der Waals surface area contributed by atoms with Crippen molar-refractivity contribution in [2.24, 2.45) is 11.3 Å². The molecule has 0 aromatic heterocycles. The monoisotopic (exact) mass is 162 g/mol. The maximum Gasteiger partial charge on any atom is 0.143 e. The molecule has 2 aliphatic carbocycles. The molecule has 0 amide bonds. The van der Waals surface area contributed by atoms with Gasteiger partial charge in [-0.1, -0.05) is 31.2 Å². The predicted octanol–water partition coefficient (Wildman–Crippen LogP) is 2.49. The van der Waals surface area contributed by atoms with E-state index in [0.717, 1.165) is 19.3 Å². The summed E-state index contributed by atoms with van der Waals surface area (Å²) in [4.78, 5) is 11.7. The fraction of sp³-hybridized carbons (Fsp3) is 0.545. The zero-order valence-corrected chi connectivity index (χ0v) is 7.42. The second-order valence-electron chi connectivity index (χ2n) is 3.89. The summed E-state index contributed by atoms with van der Waals surface area (Å²) in [6.45, 7) is 2.19. The molecule has 0 N–H and O–H groups in total. The first kappa shape index (κ1) is 7.78. The van der Waals surface area contributed by atoms with Gasteiger partial charge in [0.05, 0.1) is 5.41 Å². The van der Waals surface area contributed by atoms with E-state index in [9.17, 15) is 4.79 Å². The van der Waals surface area contributed by atoms with Gasteiger partial charge in [0.2, 0.25) is 0 Å². The molecule has 1 spiro atoms. The number of hydrogen-bond donors (Lipinski definition) is 0. The summed E-state index contributed by atoms with van der Waals surface area (Å²) in [5, 5.41) is 0. The van der Waals surface area contributed by atoms with Crippen LogP contribution in [0, 0.1) is 11.3 Å². The Morgan fingerprint density at radius 3 is 2.83 bits per heavy atom. The second kappa shape index (κ2) is 2.58. The molecule has 2 atom stereocenters. The third kappa shape index (κ3) is 0.889. The maximum absolute atomic E-state index is 11.7. The highest BCUT2D eigenvalue weighted by atomic mass is 16.1. The molecular weight excluding hydrogens is 148 g/mol. The fourth-order valence-corrected chi connectivity index (χ4v) is 2.32. The van der Waals surface area contributed by atoms with Crippen molar-refractivity contribution in [3.8, 4) is 0 Å². The molecule has 1 nitrogen and oxygen atoms in total. The quantitative estimate of drug-likeness (QED) is 0.535. The molecule has 0 aromatic carbocycles. The highest BCUT2D eigenvalue weighted by Gasteiger charge is 2.44. The number of hydrogen-bond acceptors (Lipinski definition) is 1. The van der Waals surface area contributed by atoms with Gasteiger partial charge in [-0.15, -0.1) is 0 Å². The van der Waals surface area contributed by atoms with Gasteiger partial charge in [-0.05, 0) is 18.8 Å². The Hall–Kier alpha value is -0.850. The first-order valence-corrected chi connectivity index (χ1v) is 4.63. The molecule has 2 rings (SSSR count). The van der Waals surface area contributed by atoms with E-state index in [4.69, 9.17) is 0 Å². The van der Waals surface area contributed by atoms with Crippen LogP contribution in [0.3, 0.4) is 0 Å². The topological polar surface area (TPSA) is 17.1 Å². The van der Waals surface area contributed by atoms with Crippen LogP contribution in [0.2, 0.25) is 0 Å². The summed E-state index contributed by atoms with van der Waals surface area (Å²) < 4.78 is 0. The average Bonchev–Trinajstić information content (AvgIpc) is 2.36. The Bertz CT molecular complexity index is 262. The molecule has 2 unspecified atom stereocenters. The smallest absolute Gasteiger partial charge is 0.143 e. The molecule has 12 heavy (non-hydrogen) atoms. The lowest BCUT2D eigenvalue weighted by Gasteiger charge is -2.28. The number of ketones is 1. The molecule has 0 bridgehead atoms. The Labute approximate surface area is 73.2 Å². The van der Waals surface area contributed by atoms with E-state index in [1.165, 1.54) is 0 Å². The summed E-state index contributed by atoms with van der Waals surface area (Å²) in [6.07, 6.45) is 11.0. The van der Waals surface area contributed by atoms with E-state index in [1.54, 1.807) is 0 Å². The molecule has 0 radical (unpaired) electrons. The largest absolute Gasteiger partial charge is 0.299 e. The van der Waals surface area contributed by atoms with Gasteiger partial charge in [0.1, 0.15) is 5.78 Å². The first-order valence-electron chi connectivity index (χ1n) is 4.63. The summed E-state index contributed by atoms with van der Waals surface area (Å²) in [5.74, 6) is 0.974. The zero-order valence-electron chi connectivity index (χ0n) is 7.42. The van der Waals surface area contributed by atoms with Crippen LogP contribution in [-0.4, -0.2) is 5.78 Å². The van der Waals surface area contributed by atoms with Crippen molar-refractivity contribution >= 4 is 5.78 Å². The summed E-state index contributed by atoms with van der Waals surface area (Å²) in [5.41, 5.74) is -0.116. The molecule has 0 aliphatic heterocycles. The molecular formula is C11H14O. The van der Waals surface area contributed by atoms with Crippen LogP contribution in [0.4, 0.5) is 0 Å². The molecule has 2 aliphatic rings. The standard InChI is InChI=1S/C11H14O/c1-9-5-6-10(12)11(9)7-3-2-4-8-11/h2-4,7,9H,5-6,8H2,1H3. The van der Waals surface area contributed by atoms with Crippen LogP contribution < -0.4 is 0 Å². The normalized spacial score (nSPS) is 39.8. The first-order chi connectivity index (χ1) is 5.76. The molecule has 0 heterocycles. The van der Waals surface area contributed by atoms with E-state index in [-0.39, 0.29) is 5.41 Å². The van der Waals surface area contributed by atoms with Gasteiger partial charge in [-0.2, -0.15) is 0 Å². The minimum absolute atomic E-state index is 0.116. The number of carbonyl (C=O) groups is 1. The van der Waals surface area contributed by atoms with Crippen LogP contribution in [0.25, 0.3) is 0 Å². The number of carbonyl (C=O) groups excluding carboxylic acids is 1. The van der Waals surface area contributed by atoms with Crippen molar-refractivity contribution in [3.05, 3.63) is 24.3 Å². The van der Waals surface area contributed by atoms with Crippen molar-refractivity contribution in [1.29, 1.82) is 0 Å². The summed E-state index contributed by atoms with van der Waals surface area (Å²) in [7, 11) is 0. The van der Waals surface area contributed by atoms with Gasteiger partial charge in [-0.3, -0.25) is 4.79 Å².